The third-order valence-corrected chi connectivity index (χ3v) is 10.6. The molecule has 0 aromatic heterocycles. The van der Waals surface area contributed by atoms with E-state index in [0.717, 1.165) is 11.8 Å². The van der Waals surface area contributed by atoms with Crippen molar-refractivity contribution in [2.75, 3.05) is 7.05 Å². The van der Waals surface area contributed by atoms with Crippen molar-refractivity contribution in [2.45, 2.75) is 112 Å². The molecule has 0 bridgehead atoms. The number of hydrogen-bond acceptors (Lipinski definition) is 2. The van der Waals surface area contributed by atoms with E-state index in [1.54, 1.807) is 11.1 Å². The summed E-state index contributed by atoms with van der Waals surface area (Å²) in [4.78, 5) is 13.2. The zero-order chi connectivity index (χ0) is 23.6. The number of fused-ring (bicyclic) bond motifs is 5. The minimum Gasteiger partial charge on any atom is -0.310 e. The molecule has 1 aromatic rings. The molecule has 0 amide bonds. The Labute approximate surface area is 197 Å². The molecule has 2 fully saturated rings. The number of carbonyl (C=O) groups is 1. The zero-order valence-electron chi connectivity index (χ0n) is 22.2. The quantitative estimate of drug-likeness (QED) is 0.554. The predicted molar refractivity (Wildman–Crippen MR) is 135 cm³/mol. The fourth-order valence-electron chi connectivity index (χ4n) is 8.90. The number of rotatable bonds is 5. The van der Waals surface area contributed by atoms with Crippen LogP contribution in [0.15, 0.2) is 6.07 Å². The molecule has 1 N–H and O–H groups in total. The van der Waals surface area contributed by atoms with Crippen LogP contribution in [0.3, 0.4) is 0 Å². The third kappa shape index (κ3) is 3.42. The van der Waals surface area contributed by atoms with Gasteiger partial charge < -0.3 is 5.32 Å². The van der Waals surface area contributed by atoms with E-state index < -0.39 is 0 Å². The third-order valence-electron chi connectivity index (χ3n) is 10.6. The number of ketones is 1. The van der Waals surface area contributed by atoms with Gasteiger partial charge in [0.15, 0.2) is 5.78 Å². The molecule has 178 valence electrons. The summed E-state index contributed by atoms with van der Waals surface area (Å²) in [6.45, 7) is 19.1. The summed E-state index contributed by atoms with van der Waals surface area (Å²) in [7, 11) is 1.92. The first-order valence-electron chi connectivity index (χ1n) is 13.2. The van der Waals surface area contributed by atoms with Gasteiger partial charge in [-0.1, -0.05) is 54.0 Å². The zero-order valence-corrected chi connectivity index (χ0v) is 22.2. The molecule has 5 unspecified atom stereocenters. The van der Waals surface area contributed by atoms with Crippen LogP contribution in [-0.4, -0.2) is 18.9 Å². The molecule has 32 heavy (non-hydrogen) atoms. The van der Waals surface area contributed by atoms with E-state index in [9.17, 15) is 4.79 Å². The standard InChI is InChI=1S/C30H47NO/c1-18(2)27(31-9)24(32)16-21-19(3)15-23-22(20(21)4)17-26-29(23,7)14-11-25-28(5,6)12-10-13-30(25,26)8/h15,18,25-27,31H,10-14,16-17H2,1-9H3. The van der Waals surface area contributed by atoms with E-state index in [4.69, 9.17) is 0 Å². The van der Waals surface area contributed by atoms with Gasteiger partial charge in [0.25, 0.3) is 0 Å². The van der Waals surface area contributed by atoms with Gasteiger partial charge in [-0.25, -0.2) is 0 Å². The summed E-state index contributed by atoms with van der Waals surface area (Å²) < 4.78 is 0. The Hall–Kier alpha value is -1.15. The number of Topliss-reactive ketones (excluding diaryl/α,β-unsaturated/α-hetero) is 1. The fraction of sp³-hybridized carbons (Fsp3) is 0.767. The van der Waals surface area contributed by atoms with E-state index in [2.05, 4.69) is 66.8 Å². The normalized spacial score (nSPS) is 34.1. The summed E-state index contributed by atoms with van der Waals surface area (Å²) in [5, 5.41) is 3.25. The molecular weight excluding hydrogens is 390 g/mol. The van der Waals surface area contributed by atoms with Crippen LogP contribution in [0, 0.1) is 42.4 Å². The molecule has 2 nitrogen and oxygen atoms in total. The van der Waals surface area contributed by atoms with Gasteiger partial charge in [0.05, 0.1) is 6.04 Å². The second-order valence-electron chi connectivity index (χ2n) is 13.1. The van der Waals surface area contributed by atoms with Crippen LogP contribution in [0.1, 0.15) is 101 Å². The van der Waals surface area contributed by atoms with Gasteiger partial charge in [-0.15, -0.1) is 0 Å². The summed E-state index contributed by atoms with van der Waals surface area (Å²) in [6.07, 6.45) is 8.60. The van der Waals surface area contributed by atoms with Crippen molar-refractivity contribution < 1.29 is 4.79 Å². The summed E-state index contributed by atoms with van der Waals surface area (Å²) in [5.74, 6) is 2.21. The topological polar surface area (TPSA) is 29.1 Å². The van der Waals surface area contributed by atoms with Crippen LogP contribution in [0.25, 0.3) is 0 Å². The Kier molecular flexibility index (Phi) is 5.97. The Bertz CT molecular complexity index is 912. The lowest BCUT2D eigenvalue weighted by Crippen LogP contribution is -2.55. The Morgan fingerprint density at radius 1 is 1.09 bits per heavy atom. The first-order chi connectivity index (χ1) is 14.9. The molecule has 1 aromatic carbocycles. The van der Waals surface area contributed by atoms with Crippen molar-refractivity contribution in [2.24, 2.45) is 28.6 Å². The van der Waals surface area contributed by atoms with Gasteiger partial charge in [0.1, 0.15) is 0 Å². The van der Waals surface area contributed by atoms with Gasteiger partial charge in [-0.3, -0.25) is 4.79 Å². The van der Waals surface area contributed by atoms with E-state index in [1.165, 1.54) is 55.2 Å². The highest BCUT2D eigenvalue weighted by atomic mass is 16.1. The highest BCUT2D eigenvalue weighted by Crippen LogP contribution is 2.67. The van der Waals surface area contributed by atoms with Crippen molar-refractivity contribution in [3.05, 3.63) is 33.9 Å². The van der Waals surface area contributed by atoms with Crippen molar-refractivity contribution in [3.8, 4) is 0 Å². The van der Waals surface area contributed by atoms with Crippen LogP contribution in [0.4, 0.5) is 0 Å². The minimum absolute atomic E-state index is 0.0636. The molecule has 4 rings (SSSR count). The van der Waals surface area contributed by atoms with Crippen LogP contribution in [0.2, 0.25) is 0 Å². The van der Waals surface area contributed by atoms with Gasteiger partial charge >= 0.3 is 0 Å². The summed E-state index contributed by atoms with van der Waals surface area (Å²) in [5.41, 5.74) is 8.42. The average molecular weight is 438 g/mol. The van der Waals surface area contributed by atoms with Crippen molar-refractivity contribution >= 4 is 5.78 Å². The molecule has 3 aliphatic rings. The second-order valence-corrected chi connectivity index (χ2v) is 13.1. The highest BCUT2D eigenvalue weighted by Gasteiger charge is 2.61. The Morgan fingerprint density at radius 3 is 2.41 bits per heavy atom. The monoisotopic (exact) mass is 437 g/mol. The number of likely N-dealkylation sites (N-methyl/N-ethyl adjacent to an activating group) is 1. The van der Waals surface area contributed by atoms with Crippen molar-refractivity contribution in [1.82, 2.24) is 5.32 Å². The van der Waals surface area contributed by atoms with Crippen LogP contribution in [0.5, 0.6) is 0 Å². The number of carbonyl (C=O) groups excluding carboxylic acids is 1. The maximum atomic E-state index is 13.2. The molecule has 2 saturated carbocycles. The van der Waals surface area contributed by atoms with Crippen LogP contribution >= 0.6 is 0 Å². The first kappa shape index (κ1) is 24.0. The fourth-order valence-corrected chi connectivity index (χ4v) is 8.90. The molecule has 2 heteroatoms. The number of hydrogen-bond donors (Lipinski definition) is 1. The predicted octanol–water partition coefficient (Wildman–Crippen LogP) is 6.72. The van der Waals surface area contributed by atoms with E-state index in [-0.39, 0.29) is 11.5 Å². The molecule has 0 aliphatic heterocycles. The smallest absolute Gasteiger partial charge is 0.154 e. The second kappa shape index (κ2) is 7.97. The largest absolute Gasteiger partial charge is 0.310 e. The van der Waals surface area contributed by atoms with Gasteiger partial charge in [0, 0.05) is 6.42 Å². The van der Waals surface area contributed by atoms with Crippen molar-refractivity contribution in [3.63, 3.8) is 0 Å². The lowest BCUT2D eigenvalue weighted by molar-refractivity contribution is -0.121. The van der Waals surface area contributed by atoms with E-state index in [0.29, 0.717) is 29.0 Å². The molecule has 5 atom stereocenters. The van der Waals surface area contributed by atoms with E-state index >= 15 is 0 Å². The summed E-state index contributed by atoms with van der Waals surface area (Å²) >= 11 is 0. The first-order valence-corrected chi connectivity index (χ1v) is 13.2. The van der Waals surface area contributed by atoms with Gasteiger partial charge in [-0.2, -0.15) is 0 Å². The molecule has 0 heterocycles. The van der Waals surface area contributed by atoms with E-state index in [1.807, 2.05) is 7.05 Å². The van der Waals surface area contributed by atoms with Gasteiger partial charge in [0.2, 0.25) is 0 Å². The summed E-state index contributed by atoms with van der Waals surface area (Å²) in [6, 6.07) is 2.43. The molecule has 3 aliphatic carbocycles. The van der Waals surface area contributed by atoms with Crippen LogP contribution < -0.4 is 5.32 Å². The highest BCUT2D eigenvalue weighted by molar-refractivity contribution is 5.87. The average Bonchev–Trinajstić information content (AvgIpc) is 2.99. The number of aryl methyl sites for hydroxylation is 1. The van der Waals surface area contributed by atoms with Crippen LogP contribution in [-0.2, 0) is 23.1 Å². The number of nitrogens with one attached hydrogen (secondary N) is 1. The lowest BCUT2D eigenvalue weighted by Gasteiger charge is -2.61. The molecule has 0 spiro atoms. The minimum atomic E-state index is -0.0636. The van der Waals surface area contributed by atoms with Gasteiger partial charge in [-0.05, 0) is 115 Å². The molecule has 0 saturated heterocycles. The molecule has 0 radical (unpaired) electrons. The molecular formula is C30H47NO. The van der Waals surface area contributed by atoms with Crippen molar-refractivity contribution in [1.29, 1.82) is 0 Å². The Morgan fingerprint density at radius 2 is 1.78 bits per heavy atom. The maximum absolute atomic E-state index is 13.2. The maximum Gasteiger partial charge on any atom is 0.154 e. The lowest BCUT2D eigenvalue weighted by atomic mass is 9.43. The SMILES string of the molecule is CNC(C(=O)Cc1c(C)cc2c(c1C)CC1C2(C)CCC2C(C)(C)CCCC21C)C(C)C. The Balaban J connectivity index is 1.72. The number of benzene rings is 1.